The Balaban J connectivity index is 2.18. The zero-order chi connectivity index (χ0) is 16.3. The van der Waals surface area contributed by atoms with Crippen molar-refractivity contribution >= 4 is 11.4 Å². The van der Waals surface area contributed by atoms with Gasteiger partial charge in [-0.2, -0.15) is 0 Å². The fourth-order valence-electron chi connectivity index (χ4n) is 2.38. The topological polar surface area (TPSA) is 86.3 Å². The summed E-state index contributed by atoms with van der Waals surface area (Å²) >= 11 is 0. The predicted molar refractivity (Wildman–Crippen MR) is 83.0 cm³/mol. The average molecular weight is 300 g/mol. The minimum absolute atomic E-state index is 0.0685. The van der Waals surface area contributed by atoms with Crippen molar-refractivity contribution in [2.45, 2.75) is 25.7 Å². The van der Waals surface area contributed by atoms with E-state index in [-0.39, 0.29) is 23.2 Å². The molecule has 2 atom stereocenters. The second-order valence-electron chi connectivity index (χ2n) is 5.27. The number of nitrogens with zero attached hydrogens (tertiary/aromatic N) is 2. The molecule has 2 aromatic carbocycles. The van der Waals surface area contributed by atoms with Crippen molar-refractivity contribution in [1.82, 2.24) is 0 Å². The number of non-ortho nitro benzene ring substituents is 2. The van der Waals surface area contributed by atoms with Crippen LogP contribution in [-0.2, 0) is 0 Å². The third kappa shape index (κ3) is 3.28. The second-order valence-corrected chi connectivity index (χ2v) is 5.27. The van der Waals surface area contributed by atoms with Gasteiger partial charge < -0.3 is 0 Å². The molecule has 0 N–H and O–H groups in total. The van der Waals surface area contributed by atoms with Crippen molar-refractivity contribution in [1.29, 1.82) is 0 Å². The van der Waals surface area contributed by atoms with E-state index < -0.39 is 9.85 Å². The lowest BCUT2D eigenvalue weighted by molar-refractivity contribution is -0.385. The van der Waals surface area contributed by atoms with Gasteiger partial charge in [-0.05, 0) is 23.0 Å². The number of hydrogen-bond acceptors (Lipinski definition) is 4. The summed E-state index contributed by atoms with van der Waals surface area (Å²) in [4.78, 5) is 20.5. The number of nitro groups is 2. The van der Waals surface area contributed by atoms with E-state index >= 15 is 0 Å². The van der Waals surface area contributed by atoms with Gasteiger partial charge in [0.2, 0.25) is 0 Å². The molecule has 2 rings (SSSR count). The summed E-state index contributed by atoms with van der Waals surface area (Å²) in [5, 5.41) is 21.3. The maximum absolute atomic E-state index is 10.7. The third-order valence-corrected chi connectivity index (χ3v) is 4.01. The molecule has 0 saturated heterocycles. The van der Waals surface area contributed by atoms with Crippen molar-refractivity contribution in [2.24, 2.45) is 0 Å². The molecule has 0 unspecified atom stereocenters. The van der Waals surface area contributed by atoms with Crippen molar-refractivity contribution in [2.75, 3.05) is 0 Å². The molecule has 0 radical (unpaired) electrons. The normalized spacial score (nSPS) is 13.4. The molecule has 6 heteroatoms. The first-order valence-electron chi connectivity index (χ1n) is 6.89. The molecule has 0 aliphatic rings. The highest BCUT2D eigenvalue weighted by atomic mass is 16.6. The van der Waals surface area contributed by atoms with E-state index in [1.807, 2.05) is 13.8 Å². The van der Waals surface area contributed by atoms with Crippen molar-refractivity contribution < 1.29 is 9.85 Å². The molecule has 0 aliphatic carbocycles. The Morgan fingerprint density at radius 1 is 0.682 bits per heavy atom. The van der Waals surface area contributed by atoms with Gasteiger partial charge in [0.1, 0.15) is 0 Å². The van der Waals surface area contributed by atoms with E-state index in [4.69, 9.17) is 0 Å². The van der Waals surface area contributed by atoms with Crippen LogP contribution in [0.15, 0.2) is 48.5 Å². The van der Waals surface area contributed by atoms with E-state index in [1.165, 1.54) is 24.3 Å². The van der Waals surface area contributed by atoms with Crippen LogP contribution in [0.1, 0.15) is 36.8 Å². The highest BCUT2D eigenvalue weighted by Gasteiger charge is 2.18. The van der Waals surface area contributed by atoms with E-state index in [2.05, 4.69) is 0 Å². The fraction of sp³-hybridized carbons (Fsp3) is 0.250. The van der Waals surface area contributed by atoms with E-state index in [0.29, 0.717) is 0 Å². The molecule has 6 nitrogen and oxygen atoms in total. The van der Waals surface area contributed by atoms with Gasteiger partial charge in [0.25, 0.3) is 11.4 Å². The summed E-state index contributed by atoms with van der Waals surface area (Å²) in [6.07, 6.45) is 0. The first kappa shape index (κ1) is 15.6. The molecule has 0 aromatic heterocycles. The zero-order valence-corrected chi connectivity index (χ0v) is 12.3. The van der Waals surface area contributed by atoms with Crippen LogP contribution >= 0.6 is 0 Å². The van der Waals surface area contributed by atoms with Gasteiger partial charge in [0.05, 0.1) is 9.85 Å². The summed E-state index contributed by atoms with van der Waals surface area (Å²) in [5.74, 6) is 0.282. The van der Waals surface area contributed by atoms with Crippen LogP contribution in [0.5, 0.6) is 0 Å². The smallest absolute Gasteiger partial charge is 0.258 e. The van der Waals surface area contributed by atoms with Gasteiger partial charge in [0, 0.05) is 24.3 Å². The first-order valence-corrected chi connectivity index (χ1v) is 6.89. The second kappa shape index (κ2) is 6.34. The quantitative estimate of drug-likeness (QED) is 0.604. The van der Waals surface area contributed by atoms with Gasteiger partial charge in [-0.15, -0.1) is 0 Å². The third-order valence-electron chi connectivity index (χ3n) is 4.01. The lowest BCUT2D eigenvalue weighted by Gasteiger charge is -2.20. The molecule has 0 saturated carbocycles. The van der Waals surface area contributed by atoms with Gasteiger partial charge >= 0.3 is 0 Å². The van der Waals surface area contributed by atoms with Crippen molar-refractivity contribution in [3.63, 3.8) is 0 Å². The molecular formula is C16H16N2O4. The molecule has 0 spiro atoms. The van der Waals surface area contributed by atoms with Crippen LogP contribution in [0.25, 0.3) is 0 Å². The lowest BCUT2D eigenvalue weighted by Crippen LogP contribution is -2.05. The SMILES string of the molecule is C[C@@H](c1ccc([N+](=O)[O-])cc1)[C@@H](C)c1ccc([N+](=O)[O-])cc1. The monoisotopic (exact) mass is 300 g/mol. The zero-order valence-electron chi connectivity index (χ0n) is 12.3. The largest absolute Gasteiger partial charge is 0.269 e. The fourth-order valence-corrected chi connectivity index (χ4v) is 2.38. The Morgan fingerprint density at radius 2 is 0.955 bits per heavy atom. The van der Waals surface area contributed by atoms with E-state index in [1.54, 1.807) is 24.3 Å². The molecule has 0 aliphatic heterocycles. The number of nitro benzene ring substituents is 2. The van der Waals surface area contributed by atoms with Gasteiger partial charge in [-0.25, -0.2) is 0 Å². The van der Waals surface area contributed by atoms with Crippen LogP contribution in [-0.4, -0.2) is 9.85 Å². The van der Waals surface area contributed by atoms with Gasteiger partial charge in [-0.1, -0.05) is 38.1 Å². The Kier molecular flexibility index (Phi) is 4.50. The molecule has 0 amide bonds. The molecule has 0 fully saturated rings. The van der Waals surface area contributed by atoms with Crippen molar-refractivity contribution in [3.8, 4) is 0 Å². The average Bonchev–Trinajstić information content (AvgIpc) is 2.53. The Labute approximate surface area is 127 Å². The summed E-state index contributed by atoms with van der Waals surface area (Å²) in [5.41, 5.74) is 2.13. The maximum Gasteiger partial charge on any atom is 0.269 e. The Bertz CT molecular complexity index is 619. The molecule has 114 valence electrons. The molecular weight excluding hydrogens is 284 g/mol. The molecule has 0 heterocycles. The number of hydrogen-bond donors (Lipinski definition) is 0. The Morgan fingerprint density at radius 3 is 1.18 bits per heavy atom. The van der Waals surface area contributed by atoms with Crippen molar-refractivity contribution in [3.05, 3.63) is 79.9 Å². The Hall–Kier alpha value is -2.76. The standard InChI is InChI=1S/C16H16N2O4/c1-11(13-3-7-15(8-4-13)17(19)20)12(2)14-5-9-16(10-6-14)18(21)22/h3-12H,1-2H3/t11-,12-/m1/s1. The summed E-state index contributed by atoms with van der Waals surface area (Å²) in [6, 6.07) is 13.0. The van der Waals surface area contributed by atoms with E-state index in [0.717, 1.165) is 11.1 Å². The van der Waals surface area contributed by atoms with Gasteiger partial charge in [-0.3, -0.25) is 20.2 Å². The highest BCUT2D eigenvalue weighted by Crippen LogP contribution is 2.33. The van der Waals surface area contributed by atoms with Crippen LogP contribution in [0.3, 0.4) is 0 Å². The predicted octanol–water partition coefficient (Wildman–Crippen LogP) is 4.41. The highest BCUT2D eigenvalue weighted by molar-refractivity contribution is 5.38. The lowest BCUT2D eigenvalue weighted by atomic mass is 9.84. The van der Waals surface area contributed by atoms with Gasteiger partial charge in [0.15, 0.2) is 0 Å². The van der Waals surface area contributed by atoms with Crippen LogP contribution in [0, 0.1) is 20.2 Å². The summed E-state index contributed by atoms with van der Waals surface area (Å²) < 4.78 is 0. The maximum atomic E-state index is 10.7. The minimum atomic E-state index is -0.422. The number of rotatable bonds is 5. The number of benzene rings is 2. The van der Waals surface area contributed by atoms with E-state index in [9.17, 15) is 20.2 Å². The first-order chi connectivity index (χ1) is 10.4. The molecule has 22 heavy (non-hydrogen) atoms. The van der Waals surface area contributed by atoms with Crippen LogP contribution in [0.4, 0.5) is 11.4 Å². The summed E-state index contributed by atoms with van der Waals surface area (Å²) in [7, 11) is 0. The minimum Gasteiger partial charge on any atom is -0.258 e. The van der Waals surface area contributed by atoms with Crippen LogP contribution in [0.2, 0.25) is 0 Å². The van der Waals surface area contributed by atoms with Crippen LogP contribution < -0.4 is 0 Å². The molecule has 2 aromatic rings. The molecule has 0 bridgehead atoms. The summed E-state index contributed by atoms with van der Waals surface area (Å²) in [6.45, 7) is 4.07.